The monoisotopic (exact) mass is 432 g/mol. The van der Waals surface area contributed by atoms with Crippen molar-refractivity contribution in [3.05, 3.63) is 59.3 Å². The molecule has 0 bridgehead atoms. The first-order valence-electron chi connectivity index (χ1n) is 10.9. The third-order valence-electron chi connectivity index (χ3n) is 6.13. The molecular weight excluding hydrogens is 401 g/mol. The second kappa shape index (κ2) is 9.08. The number of alkyl halides is 3. The maximum Gasteiger partial charge on any atom is 0.417 e. The van der Waals surface area contributed by atoms with Gasteiger partial charge in [0.2, 0.25) is 0 Å². The molecule has 3 atom stereocenters. The van der Waals surface area contributed by atoms with E-state index in [-0.39, 0.29) is 12.0 Å². The van der Waals surface area contributed by atoms with Crippen molar-refractivity contribution in [1.82, 2.24) is 4.90 Å². The van der Waals surface area contributed by atoms with Crippen molar-refractivity contribution >= 4 is 0 Å². The molecule has 1 heterocycles. The highest BCUT2D eigenvalue weighted by molar-refractivity contribution is 5.36. The van der Waals surface area contributed by atoms with Crippen LogP contribution in [0.15, 0.2) is 48.2 Å². The Morgan fingerprint density at radius 3 is 2.48 bits per heavy atom. The Labute approximate surface area is 183 Å². The van der Waals surface area contributed by atoms with Crippen LogP contribution < -0.4 is 0 Å². The topological polar surface area (TPSA) is 36.3 Å². The largest absolute Gasteiger partial charge is 0.417 e. The molecule has 1 aromatic carbocycles. The second-order valence-electron chi connectivity index (χ2n) is 9.63. The van der Waals surface area contributed by atoms with Crippen molar-refractivity contribution in [2.24, 2.45) is 5.92 Å². The summed E-state index contributed by atoms with van der Waals surface area (Å²) in [5.74, 6) is 0.550. The minimum Gasteiger partial charge on any atom is -0.349 e. The molecule has 168 valence electrons. The van der Waals surface area contributed by atoms with Gasteiger partial charge in [-0.15, -0.1) is 0 Å². The predicted molar refractivity (Wildman–Crippen MR) is 115 cm³/mol. The van der Waals surface area contributed by atoms with Gasteiger partial charge in [-0.1, -0.05) is 31.4 Å². The summed E-state index contributed by atoms with van der Waals surface area (Å²) >= 11 is 0. The van der Waals surface area contributed by atoms with E-state index in [1.807, 2.05) is 45.9 Å². The number of allylic oxidation sites excluding steroid dienone is 2. The van der Waals surface area contributed by atoms with Crippen LogP contribution in [-0.2, 0) is 4.74 Å². The van der Waals surface area contributed by atoms with Crippen molar-refractivity contribution < 1.29 is 17.9 Å². The standard InChI is InChI=1S/C25H31F3N2O/c1-17(22(14-18-7-5-8-18)20-10-6-9-19(13-20)15-29)30-16-21(25(26,27)28)11-12-23(30)31-24(2,3)4/h6,9-13,16-18,22-23H,5,7-8,14H2,1-4H3. The molecule has 1 aliphatic carbocycles. The molecule has 0 radical (unpaired) electrons. The van der Waals surface area contributed by atoms with Crippen molar-refractivity contribution in [3.8, 4) is 6.07 Å². The average Bonchev–Trinajstić information content (AvgIpc) is 2.65. The van der Waals surface area contributed by atoms with Crippen LogP contribution in [0.5, 0.6) is 0 Å². The van der Waals surface area contributed by atoms with Crippen LogP contribution in [0.4, 0.5) is 13.2 Å². The van der Waals surface area contributed by atoms with Gasteiger partial charge in [0, 0.05) is 18.2 Å². The van der Waals surface area contributed by atoms with Crippen molar-refractivity contribution in [3.63, 3.8) is 0 Å². The molecule has 1 fully saturated rings. The van der Waals surface area contributed by atoms with Gasteiger partial charge in [-0.2, -0.15) is 18.4 Å². The van der Waals surface area contributed by atoms with Crippen LogP contribution in [0.3, 0.4) is 0 Å². The van der Waals surface area contributed by atoms with Crippen LogP contribution in [-0.4, -0.2) is 28.9 Å². The number of hydrogen-bond donors (Lipinski definition) is 0. The molecule has 1 aromatic rings. The van der Waals surface area contributed by atoms with Gasteiger partial charge in [-0.05, 0) is 69.9 Å². The van der Waals surface area contributed by atoms with E-state index in [1.54, 1.807) is 11.0 Å². The lowest BCUT2D eigenvalue weighted by molar-refractivity contribution is -0.115. The van der Waals surface area contributed by atoms with Gasteiger partial charge >= 0.3 is 6.18 Å². The first-order chi connectivity index (χ1) is 14.5. The molecule has 3 rings (SSSR count). The zero-order valence-electron chi connectivity index (χ0n) is 18.6. The van der Waals surface area contributed by atoms with Crippen molar-refractivity contribution in [2.75, 3.05) is 0 Å². The van der Waals surface area contributed by atoms with Crippen LogP contribution in [0.25, 0.3) is 0 Å². The maximum atomic E-state index is 13.5. The Morgan fingerprint density at radius 1 is 1.23 bits per heavy atom. The van der Waals surface area contributed by atoms with E-state index in [0.29, 0.717) is 11.5 Å². The number of nitrogens with zero attached hydrogens (tertiary/aromatic N) is 2. The summed E-state index contributed by atoms with van der Waals surface area (Å²) in [4.78, 5) is 1.70. The Kier molecular flexibility index (Phi) is 6.85. The van der Waals surface area contributed by atoms with E-state index in [9.17, 15) is 18.4 Å². The van der Waals surface area contributed by atoms with Crippen LogP contribution >= 0.6 is 0 Å². The van der Waals surface area contributed by atoms with E-state index in [1.165, 1.54) is 18.7 Å². The van der Waals surface area contributed by atoms with Crippen LogP contribution in [0.1, 0.15) is 70.4 Å². The summed E-state index contributed by atoms with van der Waals surface area (Å²) in [7, 11) is 0. The molecule has 0 aromatic heterocycles. The van der Waals surface area contributed by atoms with E-state index in [2.05, 4.69) is 6.07 Å². The predicted octanol–water partition coefficient (Wildman–Crippen LogP) is 6.68. The molecular formula is C25H31F3N2O. The number of rotatable bonds is 6. The molecule has 2 aliphatic rings. The maximum absolute atomic E-state index is 13.5. The number of benzene rings is 1. The van der Waals surface area contributed by atoms with Gasteiger partial charge in [-0.3, -0.25) is 0 Å². The fourth-order valence-electron chi connectivity index (χ4n) is 4.29. The minimum absolute atomic E-state index is 0.0121. The molecule has 31 heavy (non-hydrogen) atoms. The van der Waals surface area contributed by atoms with Crippen molar-refractivity contribution in [2.45, 2.75) is 83.3 Å². The van der Waals surface area contributed by atoms with E-state index in [4.69, 9.17) is 4.74 Å². The number of ether oxygens (including phenoxy) is 1. The highest BCUT2D eigenvalue weighted by Gasteiger charge is 2.39. The van der Waals surface area contributed by atoms with E-state index in [0.717, 1.165) is 30.9 Å². The average molecular weight is 433 g/mol. The normalized spacial score (nSPS) is 21.8. The third-order valence-corrected chi connectivity index (χ3v) is 6.13. The molecule has 0 N–H and O–H groups in total. The molecule has 3 nitrogen and oxygen atoms in total. The van der Waals surface area contributed by atoms with E-state index >= 15 is 0 Å². The molecule has 6 heteroatoms. The van der Waals surface area contributed by atoms with Gasteiger partial charge in [-0.25, -0.2) is 0 Å². The Hall–Kier alpha value is -2.26. The van der Waals surface area contributed by atoms with Crippen molar-refractivity contribution in [1.29, 1.82) is 5.26 Å². The zero-order chi connectivity index (χ0) is 22.8. The van der Waals surface area contributed by atoms with E-state index < -0.39 is 23.6 Å². The first kappa shape index (κ1) is 23.4. The van der Waals surface area contributed by atoms with Crippen LogP contribution in [0, 0.1) is 17.2 Å². The summed E-state index contributed by atoms with van der Waals surface area (Å²) in [5, 5.41) is 9.34. The Balaban J connectivity index is 1.98. The highest BCUT2D eigenvalue weighted by Crippen LogP contribution is 2.41. The Bertz CT molecular complexity index is 872. The SMILES string of the molecule is CC(C(CC1CCC1)c1cccc(C#N)c1)N1C=C(C(F)(F)F)C=CC1OC(C)(C)C. The smallest absolute Gasteiger partial charge is 0.349 e. The lowest BCUT2D eigenvalue weighted by Gasteiger charge is -2.44. The minimum atomic E-state index is -4.43. The number of halogens is 3. The van der Waals surface area contributed by atoms with Crippen LogP contribution in [0.2, 0.25) is 0 Å². The lowest BCUT2D eigenvalue weighted by atomic mass is 9.74. The van der Waals surface area contributed by atoms with Gasteiger partial charge in [0.1, 0.15) is 6.23 Å². The highest BCUT2D eigenvalue weighted by atomic mass is 19.4. The first-order valence-corrected chi connectivity index (χ1v) is 10.9. The molecule has 0 saturated heterocycles. The molecule has 0 amide bonds. The lowest BCUT2D eigenvalue weighted by Crippen LogP contribution is -2.46. The van der Waals surface area contributed by atoms with Gasteiger partial charge in [0.25, 0.3) is 0 Å². The Morgan fingerprint density at radius 2 is 1.94 bits per heavy atom. The summed E-state index contributed by atoms with van der Waals surface area (Å²) in [6, 6.07) is 9.39. The molecule has 0 spiro atoms. The molecule has 3 unspecified atom stereocenters. The summed E-state index contributed by atoms with van der Waals surface area (Å²) in [6.07, 6.45) is 3.16. The summed E-state index contributed by atoms with van der Waals surface area (Å²) < 4.78 is 46.7. The van der Waals surface area contributed by atoms with Gasteiger partial charge in [0.05, 0.1) is 22.8 Å². The second-order valence-corrected chi connectivity index (χ2v) is 9.63. The summed E-state index contributed by atoms with van der Waals surface area (Å²) in [6.45, 7) is 7.66. The van der Waals surface area contributed by atoms with Gasteiger partial charge in [0.15, 0.2) is 0 Å². The summed E-state index contributed by atoms with van der Waals surface area (Å²) in [5.41, 5.74) is 0.363. The quantitative estimate of drug-likeness (QED) is 0.503. The van der Waals surface area contributed by atoms with Gasteiger partial charge < -0.3 is 9.64 Å². The molecule has 1 aliphatic heterocycles. The fourth-order valence-corrected chi connectivity index (χ4v) is 4.29. The number of nitriles is 1. The zero-order valence-corrected chi connectivity index (χ0v) is 18.6. The fraction of sp³-hybridized carbons (Fsp3) is 0.560. The number of hydrogen-bond acceptors (Lipinski definition) is 3. The third kappa shape index (κ3) is 5.92. The molecule has 1 saturated carbocycles.